The average Bonchev–Trinajstić information content (AvgIpc) is 2.25. The van der Waals surface area contributed by atoms with Gasteiger partial charge in [0.1, 0.15) is 18.2 Å². The molecular weight excluding hydrogens is 244 g/mol. The first-order chi connectivity index (χ1) is 7.96. The van der Waals surface area contributed by atoms with E-state index in [1.807, 2.05) is 0 Å². The fourth-order valence-electron chi connectivity index (χ4n) is 1.20. The minimum Gasteiger partial charge on any atom is -0.494 e. The first kappa shape index (κ1) is 13.6. The van der Waals surface area contributed by atoms with Crippen molar-refractivity contribution in [2.24, 2.45) is 0 Å². The van der Waals surface area contributed by atoms with Crippen LogP contribution in [-0.2, 0) is 10.0 Å². The van der Waals surface area contributed by atoms with E-state index < -0.39 is 10.0 Å². The third-order valence-corrected chi connectivity index (χ3v) is 2.44. The van der Waals surface area contributed by atoms with Gasteiger partial charge < -0.3 is 9.47 Å². The van der Waals surface area contributed by atoms with Crippen molar-refractivity contribution in [1.82, 2.24) is 5.32 Å². The van der Waals surface area contributed by atoms with Gasteiger partial charge in [-0.2, -0.15) is 0 Å². The molecule has 0 saturated heterocycles. The SMILES string of the molecule is CNCOc1ccc(NS(C)(=O)=O)c(OC)c1. The summed E-state index contributed by atoms with van der Waals surface area (Å²) in [6, 6.07) is 4.86. The number of sulfonamides is 1. The molecule has 1 aromatic rings. The minimum absolute atomic E-state index is 0.363. The summed E-state index contributed by atoms with van der Waals surface area (Å²) in [5.41, 5.74) is 0.381. The first-order valence-corrected chi connectivity index (χ1v) is 6.78. The molecule has 0 aliphatic heterocycles. The van der Waals surface area contributed by atoms with E-state index in [4.69, 9.17) is 9.47 Å². The van der Waals surface area contributed by atoms with Crippen molar-refractivity contribution < 1.29 is 17.9 Å². The highest BCUT2D eigenvalue weighted by Gasteiger charge is 2.09. The Morgan fingerprint density at radius 3 is 2.59 bits per heavy atom. The fraction of sp³-hybridized carbons (Fsp3) is 0.400. The molecule has 0 aliphatic carbocycles. The van der Waals surface area contributed by atoms with E-state index >= 15 is 0 Å². The lowest BCUT2D eigenvalue weighted by Crippen LogP contribution is -2.14. The molecule has 0 spiro atoms. The largest absolute Gasteiger partial charge is 0.494 e. The van der Waals surface area contributed by atoms with Gasteiger partial charge in [-0.15, -0.1) is 0 Å². The number of hydrogen-bond acceptors (Lipinski definition) is 5. The second kappa shape index (κ2) is 5.74. The Morgan fingerprint density at radius 1 is 1.35 bits per heavy atom. The number of ether oxygens (including phenoxy) is 2. The quantitative estimate of drug-likeness (QED) is 0.733. The first-order valence-electron chi connectivity index (χ1n) is 4.89. The molecule has 0 aromatic heterocycles. The summed E-state index contributed by atoms with van der Waals surface area (Å²) in [6.07, 6.45) is 1.08. The van der Waals surface area contributed by atoms with Crippen molar-refractivity contribution in [2.75, 3.05) is 31.9 Å². The van der Waals surface area contributed by atoms with Crippen LogP contribution < -0.4 is 19.5 Å². The summed E-state index contributed by atoms with van der Waals surface area (Å²) in [6.45, 7) is 0.363. The normalized spacial score (nSPS) is 11.0. The molecule has 17 heavy (non-hydrogen) atoms. The molecule has 0 unspecified atom stereocenters. The number of rotatable bonds is 6. The summed E-state index contributed by atoms with van der Waals surface area (Å²) in [5, 5.41) is 2.83. The van der Waals surface area contributed by atoms with Crippen molar-refractivity contribution in [3.05, 3.63) is 18.2 Å². The molecule has 0 atom stereocenters. The van der Waals surface area contributed by atoms with Crippen molar-refractivity contribution >= 4 is 15.7 Å². The maximum absolute atomic E-state index is 11.1. The lowest BCUT2D eigenvalue weighted by molar-refractivity contribution is 0.294. The zero-order chi connectivity index (χ0) is 12.9. The number of nitrogens with one attached hydrogen (secondary N) is 2. The molecule has 1 rings (SSSR count). The van der Waals surface area contributed by atoms with Gasteiger partial charge in [-0.3, -0.25) is 10.0 Å². The Labute approximate surface area is 101 Å². The van der Waals surface area contributed by atoms with E-state index in [-0.39, 0.29) is 0 Å². The van der Waals surface area contributed by atoms with Gasteiger partial charge in [0.15, 0.2) is 0 Å². The second-order valence-corrected chi connectivity index (χ2v) is 5.13. The van der Waals surface area contributed by atoms with Crippen molar-refractivity contribution in [2.45, 2.75) is 0 Å². The highest BCUT2D eigenvalue weighted by atomic mass is 32.2. The van der Waals surface area contributed by atoms with Crippen LogP contribution in [0.4, 0.5) is 5.69 Å². The Balaban J connectivity index is 2.93. The van der Waals surface area contributed by atoms with E-state index in [9.17, 15) is 8.42 Å². The van der Waals surface area contributed by atoms with Gasteiger partial charge in [-0.25, -0.2) is 8.42 Å². The smallest absolute Gasteiger partial charge is 0.229 e. The van der Waals surface area contributed by atoms with Gasteiger partial charge in [0.2, 0.25) is 10.0 Å². The van der Waals surface area contributed by atoms with Crippen molar-refractivity contribution in [1.29, 1.82) is 0 Å². The van der Waals surface area contributed by atoms with Gasteiger partial charge in [-0.05, 0) is 19.2 Å². The molecule has 1 aromatic carbocycles. The molecule has 0 saturated carbocycles. The molecule has 0 radical (unpaired) electrons. The van der Waals surface area contributed by atoms with Crippen LogP contribution in [-0.4, -0.2) is 35.6 Å². The Bertz CT molecular complexity index is 473. The fourth-order valence-corrected chi connectivity index (χ4v) is 1.77. The van der Waals surface area contributed by atoms with E-state index in [0.29, 0.717) is 23.9 Å². The van der Waals surface area contributed by atoms with Crippen LogP contribution in [0.2, 0.25) is 0 Å². The Kier molecular flexibility index (Phi) is 4.59. The second-order valence-electron chi connectivity index (χ2n) is 3.38. The predicted octanol–water partition coefficient (Wildman–Crippen LogP) is 0.622. The summed E-state index contributed by atoms with van der Waals surface area (Å²) in [7, 11) is -0.0991. The molecule has 2 N–H and O–H groups in total. The average molecular weight is 260 g/mol. The number of anilines is 1. The zero-order valence-corrected chi connectivity index (χ0v) is 10.8. The lowest BCUT2D eigenvalue weighted by atomic mass is 10.3. The minimum atomic E-state index is -3.32. The molecular formula is C10H16N2O4S. The molecule has 0 fully saturated rings. The van der Waals surface area contributed by atoms with Crippen molar-refractivity contribution in [3.63, 3.8) is 0 Å². The van der Waals surface area contributed by atoms with E-state index in [2.05, 4.69) is 10.0 Å². The van der Waals surface area contributed by atoms with Crippen LogP contribution in [0.5, 0.6) is 11.5 Å². The third-order valence-electron chi connectivity index (χ3n) is 1.85. The van der Waals surface area contributed by atoms with Gasteiger partial charge in [0.25, 0.3) is 0 Å². The van der Waals surface area contributed by atoms with E-state index in [1.165, 1.54) is 7.11 Å². The summed E-state index contributed by atoms with van der Waals surface area (Å²) >= 11 is 0. The van der Waals surface area contributed by atoms with E-state index in [0.717, 1.165) is 6.26 Å². The van der Waals surface area contributed by atoms with Crippen LogP contribution in [0, 0.1) is 0 Å². The number of benzene rings is 1. The third kappa shape index (κ3) is 4.49. The summed E-state index contributed by atoms with van der Waals surface area (Å²) in [4.78, 5) is 0. The van der Waals surface area contributed by atoms with Crippen LogP contribution in [0.3, 0.4) is 0 Å². The van der Waals surface area contributed by atoms with E-state index in [1.54, 1.807) is 25.2 Å². The molecule has 7 heteroatoms. The Hall–Kier alpha value is -1.47. The molecule has 0 amide bonds. The highest BCUT2D eigenvalue weighted by molar-refractivity contribution is 7.92. The number of hydrogen-bond donors (Lipinski definition) is 2. The molecule has 0 aliphatic rings. The van der Waals surface area contributed by atoms with Crippen LogP contribution in [0.15, 0.2) is 18.2 Å². The molecule has 96 valence electrons. The summed E-state index contributed by atoms with van der Waals surface area (Å²) < 4.78 is 35.0. The maximum Gasteiger partial charge on any atom is 0.229 e. The van der Waals surface area contributed by atoms with Crippen LogP contribution in [0.25, 0.3) is 0 Å². The molecule has 0 bridgehead atoms. The molecule has 0 heterocycles. The van der Waals surface area contributed by atoms with Gasteiger partial charge in [0, 0.05) is 6.07 Å². The van der Waals surface area contributed by atoms with Crippen molar-refractivity contribution in [3.8, 4) is 11.5 Å². The summed E-state index contributed by atoms with van der Waals surface area (Å²) in [5.74, 6) is 0.999. The number of methoxy groups -OCH3 is 1. The topological polar surface area (TPSA) is 76.7 Å². The lowest BCUT2D eigenvalue weighted by Gasteiger charge is -2.12. The Morgan fingerprint density at radius 2 is 2.06 bits per heavy atom. The zero-order valence-electron chi connectivity index (χ0n) is 9.98. The monoisotopic (exact) mass is 260 g/mol. The maximum atomic E-state index is 11.1. The van der Waals surface area contributed by atoms with Gasteiger partial charge in [0.05, 0.1) is 19.1 Å². The predicted molar refractivity (Wildman–Crippen MR) is 66.0 cm³/mol. The standard InChI is InChI=1S/C10H16N2O4S/c1-11-7-16-8-4-5-9(10(6-8)15-2)12-17(3,13)14/h4-6,11-12H,7H2,1-3H3. The molecule has 6 nitrogen and oxygen atoms in total. The van der Waals surface area contributed by atoms with Gasteiger partial charge >= 0.3 is 0 Å². The highest BCUT2D eigenvalue weighted by Crippen LogP contribution is 2.29. The van der Waals surface area contributed by atoms with Crippen LogP contribution in [0.1, 0.15) is 0 Å². The van der Waals surface area contributed by atoms with Gasteiger partial charge in [-0.1, -0.05) is 0 Å². The van der Waals surface area contributed by atoms with Crippen LogP contribution >= 0.6 is 0 Å².